The van der Waals surface area contributed by atoms with Gasteiger partial charge in [-0.2, -0.15) is 0 Å². The third-order valence-electron chi connectivity index (χ3n) is 2.55. The van der Waals surface area contributed by atoms with Gasteiger partial charge in [0.2, 0.25) is 0 Å². The Bertz CT molecular complexity index is 156. The van der Waals surface area contributed by atoms with Crippen molar-refractivity contribution in [3.05, 3.63) is 0 Å². The van der Waals surface area contributed by atoms with E-state index in [1.165, 1.54) is 0 Å². The van der Waals surface area contributed by atoms with Crippen LogP contribution in [0.15, 0.2) is 0 Å². The predicted molar refractivity (Wildman–Crippen MR) is 31.9 cm³/mol. The first-order valence-corrected chi connectivity index (χ1v) is 3.46. The number of fused-ring (bicyclic) bond motifs is 2. The van der Waals surface area contributed by atoms with Crippen LogP contribution in [-0.2, 0) is 4.79 Å². The second-order valence-corrected chi connectivity index (χ2v) is 3.27. The maximum Gasteiger partial charge on any atom is 0.164 e. The van der Waals surface area contributed by atoms with Gasteiger partial charge in [0.05, 0.1) is 0 Å². The van der Waals surface area contributed by atoms with Crippen molar-refractivity contribution in [1.82, 2.24) is 0 Å². The smallest absolute Gasteiger partial charge is 0.164 e. The van der Waals surface area contributed by atoms with Gasteiger partial charge in [0.1, 0.15) is 5.60 Å². The Morgan fingerprint density at radius 2 is 2.22 bits per heavy atom. The molecule has 2 nitrogen and oxygen atoms in total. The largest absolute Gasteiger partial charge is 0.382 e. The monoisotopic (exact) mass is 126 g/mol. The molecule has 0 unspecified atom stereocenters. The van der Waals surface area contributed by atoms with Crippen LogP contribution in [-0.4, -0.2) is 16.5 Å². The molecule has 2 heteroatoms. The molecule has 3 saturated carbocycles. The molecule has 0 aliphatic heterocycles. The van der Waals surface area contributed by atoms with Crippen molar-refractivity contribution in [3.8, 4) is 0 Å². The van der Waals surface area contributed by atoms with E-state index in [0.29, 0.717) is 12.3 Å². The summed E-state index contributed by atoms with van der Waals surface area (Å²) in [4.78, 5) is 10.9. The lowest BCUT2D eigenvalue weighted by molar-refractivity contribution is -0.162. The van der Waals surface area contributed by atoms with E-state index in [1.807, 2.05) is 0 Å². The summed E-state index contributed by atoms with van der Waals surface area (Å²) in [6.45, 7) is 0. The van der Waals surface area contributed by atoms with Gasteiger partial charge >= 0.3 is 0 Å². The minimum Gasteiger partial charge on any atom is -0.382 e. The summed E-state index contributed by atoms with van der Waals surface area (Å²) < 4.78 is 0. The number of hydrogen-bond donors (Lipinski definition) is 1. The SMILES string of the molecule is O=C1CCC2CC1(O)C2. The normalized spacial score (nSPS) is 48.6. The molecule has 3 rings (SSSR count). The minimum atomic E-state index is -0.858. The molecule has 0 aromatic rings. The van der Waals surface area contributed by atoms with E-state index in [0.717, 1.165) is 19.3 Å². The maximum absolute atomic E-state index is 10.9. The Kier molecular flexibility index (Phi) is 0.826. The van der Waals surface area contributed by atoms with Gasteiger partial charge in [-0.15, -0.1) is 0 Å². The van der Waals surface area contributed by atoms with Crippen LogP contribution in [0.25, 0.3) is 0 Å². The van der Waals surface area contributed by atoms with Crippen LogP contribution >= 0.6 is 0 Å². The molecule has 50 valence electrons. The van der Waals surface area contributed by atoms with E-state index >= 15 is 0 Å². The molecule has 3 aliphatic rings. The Balaban J connectivity index is 2.20. The van der Waals surface area contributed by atoms with Gasteiger partial charge in [0.25, 0.3) is 0 Å². The molecule has 0 aromatic heterocycles. The molecule has 3 fully saturated rings. The molecule has 1 N–H and O–H groups in total. The first-order valence-electron chi connectivity index (χ1n) is 3.46. The van der Waals surface area contributed by atoms with Gasteiger partial charge in [-0.3, -0.25) is 4.79 Å². The molecule has 0 atom stereocenters. The molecule has 9 heavy (non-hydrogen) atoms. The Morgan fingerprint density at radius 3 is 2.56 bits per heavy atom. The van der Waals surface area contributed by atoms with Gasteiger partial charge in [0, 0.05) is 6.42 Å². The second kappa shape index (κ2) is 1.37. The molecule has 0 radical (unpaired) electrons. The van der Waals surface area contributed by atoms with Crippen LogP contribution in [0.1, 0.15) is 25.7 Å². The second-order valence-electron chi connectivity index (χ2n) is 3.27. The molecule has 0 heterocycles. The van der Waals surface area contributed by atoms with E-state index in [-0.39, 0.29) is 5.78 Å². The van der Waals surface area contributed by atoms with Gasteiger partial charge in [-0.25, -0.2) is 0 Å². The van der Waals surface area contributed by atoms with Crippen LogP contribution in [0.2, 0.25) is 0 Å². The highest BCUT2D eigenvalue weighted by atomic mass is 16.3. The van der Waals surface area contributed by atoms with E-state index in [4.69, 9.17) is 0 Å². The summed E-state index contributed by atoms with van der Waals surface area (Å²) in [5.41, 5.74) is -0.858. The quantitative estimate of drug-likeness (QED) is 0.513. The van der Waals surface area contributed by atoms with Gasteiger partial charge in [-0.1, -0.05) is 0 Å². The van der Waals surface area contributed by atoms with Crippen LogP contribution < -0.4 is 0 Å². The molecule has 3 aliphatic carbocycles. The van der Waals surface area contributed by atoms with Crippen molar-refractivity contribution >= 4 is 5.78 Å². The van der Waals surface area contributed by atoms with Crippen molar-refractivity contribution in [2.24, 2.45) is 5.92 Å². The van der Waals surface area contributed by atoms with Gasteiger partial charge in [-0.05, 0) is 25.2 Å². The number of rotatable bonds is 0. The van der Waals surface area contributed by atoms with E-state index in [9.17, 15) is 9.90 Å². The molecule has 0 amide bonds. The van der Waals surface area contributed by atoms with Gasteiger partial charge < -0.3 is 5.11 Å². The average molecular weight is 126 g/mol. The molecule has 0 aromatic carbocycles. The summed E-state index contributed by atoms with van der Waals surface area (Å²) in [5.74, 6) is 0.734. The Morgan fingerprint density at radius 1 is 1.56 bits per heavy atom. The lowest BCUT2D eigenvalue weighted by Gasteiger charge is -2.46. The van der Waals surface area contributed by atoms with Gasteiger partial charge in [0.15, 0.2) is 5.78 Å². The highest BCUT2D eigenvalue weighted by molar-refractivity contribution is 5.89. The third-order valence-corrected chi connectivity index (χ3v) is 2.55. The summed E-state index contributed by atoms with van der Waals surface area (Å²) in [5, 5.41) is 9.36. The van der Waals surface area contributed by atoms with Crippen LogP contribution in [0.5, 0.6) is 0 Å². The molecule has 0 saturated heterocycles. The summed E-state index contributed by atoms with van der Waals surface area (Å²) in [6.07, 6.45) is 3.11. The lowest BCUT2D eigenvalue weighted by atomic mass is 9.61. The average Bonchev–Trinajstić information content (AvgIpc) is 1.73. The van der Waals surface area contributed by atoms with Crippen molar-refractivity contribution < 1.29 is 9.90 Å². The van der Waals surface area contributed by atoms with E-state index in [2.05, 4.69) is 0 Å². The van der Waals surface area contributed by atoms with Crippen molar-refractivity contribution in [2.75, 3.05) is 0 Å². The Hall–Kier alpha value is -0.370. The number of aliphatic hydroxyl groups is 1. The van der Waals surface area contributed by atoms with Crippen LogP contribution in [0.3, 0.4) is 0 Å². The van der Waals surface area contributed by atoms with Crippen LogP contribution in [0.4, 0.5) is 0 Å². The topological polar surface area (TPSA) is 37.3 Å². The zero-order valence-corrected chi connectivity index (χ0v) is 5.26. The van der Waals surface area contributed by atoms with Crippen molar-refractivity contribution in [3.63, 3.8) is 0 Å². The summed E-state index contributed by atoms with van der Waals surface area (Å²) in [7, 11) is 0. The number of carbonyl (C=O) groups excluding carboxylic acids is 1. The fraction of sp³-hybridized carbons (Fsp3) is 0.857. The number of carbonyl (C=O) groups is 1. The lowest BCUT2D eigenvalue weighted by Crippen LogP contribution is -2.54. The fourth-order valence-electron chi connectivity index (χ4n) is 1.90. The fourth-order valence-corrected chi connectivity index (χ4v) is 1.90. The zero-order chi connectivity index (χ0) is 6.48. The van der Waals surface area contributed by atoms with Crippen LogP contribution in [0, 0.1) is 5.92 Å². The summed E-state index contributed by atoms with van der Waals surface area (Å²) in [6, 6.07) is 0. The molecule has 2 bridgehead atoms. The third kappa shape index (κ3) is 0.568. The zero-order valence-electron chi connectivity index (χ0n) is 5.26. The first-order chi connectivity index (χ1) is 4.21. The molecular formula is C7H10O2. The molecular weight excluding hydrogens is 116 g/mol. The first kappa shape index (κ1) is 5.42. The predicted octanol–water partition coefficient (Wildman–Crippen LogP) is 0.490. The molecule has 0 spiro atoms. The van der Waals surface area contributed by atoms with E-state index < -0.39 is 5.60 Å². The van der Waals surface area contributed by atoms with Crippen molar-refractivity contribution in [1.29, 1.82) is 0 Å². The highest BCUT2D eigenvalue weighted by Gasteiger charge is 2.51. The number of ketones is 1. The standard InChI is InChI=1S/C7H10O2/c8-6-2-1-5-3-7(6,9)4-5/h5,9H,1-4H2. The summed E-state index contributed by atoms with van der Waals surface area (Å²) >= 11 is 0. The minimum absolute atomic E-state index is 0.0741. The van der Waals surface area contributed by atoms with E-state index in [1.54, 1.807) is 0 Å². The Labute approximate surface area is 53.9 Å². The number of hydrogen-bond acceptors (Lipinski definition) is 2. The van der Waals surface area contributed by atoms with Crippen molar-refractivity contribution in [2.45, 2.75) is 31.3 Å². The maximum atomic E-state index is 10.9. The number of Topliss-reactive ketones (excluding diaryl/α,β-unsaturated/α-hetero) is 1. The highest BCUT2D eigenvalue weighted by Crippen LogP contribution is 2.46.